The SMILES string of the molecule is COc1ccc2c(c1)OC1(CC2)CCN(CC(=O)O)CC1. The average molecular weight is 291 g/mol. The fourth-order valence-corrected chi connectivity index (χ4v) is 3.27. The van der Waals surface area contributed by atoms with Crippen LogP contribution in [-0.2, 0) is 11.2 Å². The third-order valence-electron chi connectivity index (χ3n) is 4.58. The van der Waals surface area contributed by atoms with Crippen LogP contribution >= 0.6 is 0 Å². The van der Waals surface area contributed by atoms with Crippen molar-refractivity contribution in [1.29, 1.82) is 0 Å². The molecule has 3 rings (SSSR count). The van der Waals surface area contributed by atoms with E-state index in [0.29, 0.717) is 0 Å². The second-order valence-corrected chi connectivity index (χ2v) is 5.93. The number of benzene rings is 1. The van der Waals surface area contributed by atoms with E-state index in [-0.39, 0.29) is 12.1 Å². The van der Waals surface area contributed by atoms with Crippen LogP contribution in [0.1, 0.15) is 24.8 Å². The van der Waals surface area contributed by atoms with Crippen LogP contribution in [0.15, 0.2) is 18.2 Å². The molecule has 2 aliphatic heterocycles. The number of aliphatic carboxylic acids is 1. The lowest BCUT2D eigenvalue weighted by molar-refractivity contribution is -0.139. The summed E-state index contributed by atoms with van der Waals surface area (Å²) in [7, 11) is 1.66. The first-order valence-corrected chi connectivity index (χ1v) is 7.40. The molecule has 1 fully saturated rings. The maximum absolute atomic E-state index is 10.8. The Morgan fingerprint density at radius 1 is 1.38 bits per heavy atom. The van der Waals surface area contributed by atoms with Gasteiger partial charge >= 0.3 is 5.97 Å². The minimum atomic E-state index is -0.759. The second-order valence-electron chi connectivity index (χ2n) is 5.93. The van der Waals surface area contributed by atoms with Gasteiger partial charge in [-0.3, -0.25) is 9.69 Å². The molecule has 0 atom stereocenters. The first kappa shape index (κ1) is 14.2. The second kappa shape index (κ2) is 5.56. The summed E-state index contributed by atoms with van der Waals surface area (Å²) in [5.41, 5.74) is 1.10. The zero-order chi connectivity index (χ0) is 14.9. The van der Waals surface area contributed by atoms with Crippen molar-refractivity contribution in [2.45, 2.75) is 31.3 Å². The Morgan fingerprint density at radius 2 is 2.14 bits per heavy atom. The molecule has 5 nitrogen and oxygen atoms in total. The number of ether oxygens (including phenoxy) is 2. The Balaban J connectivity index is 1.69. The molecule has 0 bridgehead atoms. The molecule has 114 valence electrons. The molecule has 0 aromatic heterocycles. The van der Waals surface area contributed by atoms with Crippen molar-refractivity contribution in [2.24, 2.45) is 0 Å². The maximum atomic E-state index is 10.8. The predicted octanol–water partition coefficient (Wildman–Crippen LogP) is 1.94. The van der Waals surface area contributed by atoms with Crippen LogP contribution in [0.3, 0.4) is 0 Å². The van der Waals surface area contributed by atoms with Gasteiger partial charge in [-0.25, -0.2) is 0 Å². The fraction of sp³-hybridized carbons (Fsp3) is 0.562. The highest BCUT2D eigenvalue weighted by Crippen LogP contribution is 2.40. The summed E-state index contributed by atoms with van der Waals surface area (Å²) in [6, 6.07) is 6.00. The lowest BCUT2D eigenvalue weighted by Gasteiger charge is -2.44. The molecule has 0 saturated carbocycles. The van der Waals surface area contributed by atoms with Crippen LogP contribution < -0.4 is 9.47 Å². The predicted molar refractivity (Wildman–Crippen MR) is 78.0 cm³/mol. The number of piperidine rings is 1. The molecule has 21 heavy (non-hydrogen) atoms. The lowest BCUT2D eigenvalue weighted by atomic mass is 9.83. The van der Waals surface area contributed by atoms with Crippen molar-refractivity contribution in [3.8, 4) is 11.5 Å². The van der Waals surface area contributed by atoms with Crippen molar-refractivity contribution < 1.29 is 19.4 Å². The normalized spacial score (nSPS) is 20.6. The molecule has 0 aliphatic carbocycles. The molecule has 0 radical (unpaired) electrons. The van der Waals surface area contributed by atoms with E-state index in [4.69, 9.17) is 14.6 Å². The first-order chi connectivity index (χ1) is 10.1. The largest absolute Gasteiger partial charge is 0.497 e. The van der Waals surface area contributed by atoms with Gasteiger partial charge in [-0.05, 0) is 37.3 Å². The van der Waals surface area contributed by atoms with Gasteiger partial charge in [-0.1, -0.05) is 6.07 Å². The number of fused-ring (bicyclic) bond motifs is 1. The van der Waals surface area contributed by atoms with E-state index < -0.39 is 5.97 Å². The van der Waals surface area contributed by atoms with Crippen molar-refractivity contribution >= 4 is 5.97 Å². The highest BCUT2D eigenvalue weighted by molar-refractivity contribution is 5.69. The van der Waals surface area contributed by atoms with Gasteiger partial charge in [-0.15, -0.1) is 0 Å². The maximum Gasteiger partial charge on any atom is 0.317 e. The van der Waals surface area contributed by atoms with Gasteiger partial charge in [0.2, 0.25) is 0 Å². The quantitative estimate of drug-likeness (QED) is 0.922. The number of hydrogen-bond donors (Lipinski definition) is 1. The van der Waals surface area contributed by atoms with E-state index in [9.17, 15) is 4.79 Å². The lowest BCUT2D eigenvalue weighted by Crippen LogP contribution is -2.50. The molecular weight excluding hydrogens is 270 g/mol. The van der Waals surface area contributed by atoms with Crippen molar-refractivity contribution in [3.05, 3.63) is 23.8 Å². The van der Waals surface area contributed by atoms with Crippen molar-refractivity contribution in [2.75, 3.05) is 26.7 Å². The van der Waals surface area contributed by atoms with Crippen LogP contribution in [0.5, 0.6) is 11.5 Å². The van der Waals surface area contributed by atoms with Crippen molar-refractivity contribution in [3.63, 3.8) is 0 Å². The topological polar surface area (TPSA) is 59.0 Å². The molecule has 1 N–H and O–H groups in total. The summed E-state index contributed by atoms with van der Waals surface area (Å²) in [4.78, 5) is 12.8. The van der Waals surface area contributed by atoms with Gasteiger partial charge in [0.1, 0.15) is 17.1 Å². The summed E-state index contributed by atoms with van der Waals surface area (Å²) in [5.74, 6) is 0.979. The Hall–Kier alpha value is -1.75. The Morgan fingerprint density at radius 3 is 2.81 bits per heavy atom. The molecule has 1 spiro atoms. The van der Waals surface area contributed by atoms with Gasteiger partial charge in [0, 0.05) is 19.2 Å². The van der Waals surface area contributed by atoms with Gasteiger partial charge in [0.05, 0.1) is 13.7 Å². The van der Waals surface area contributed by atoms with Gasteiger partial charge in [-0.2, -0.15) is 0 Å². The molecule has 2 aliphatic rings. The smallest absolute Gasteiger partial charge is 0.317 e. The number of nitrogens with zero attached hydrogens (tertiary/aromatic N) is 1. The summed E-state index contributed by atoms with van der Waals surface area (Å²) < 4.78 is 11.6. The van der Waals surface area contributed by atoms with E-state index in [1.807, 2.05) is 17.0 Å². The van der Waals surface area contributed by atoms with E-state index >= 15 is 0 Å². The molecular formula is C16H21NO4. The summed E-state index contributed by atoms with van der Waals surface area (Å²) in [6.45, 7) is 1.69. The molecule has 5 heteroatoms. The van der Waals surface area contributed by atoms with Crippen LogP contribution in [0, 0.1) is 0 Å². The third kappa shape index (κ3) is 2.97. The standard InChI is InChI=1S/C16H21NO4/c1-20-13-3-2-12-4-5-16(21-14(12)10-13)6-8-17(9-7-16)11-15(18)19/h2-3,10H,4-9,11H2,1H3,(H,18,19). The number of carbonyl (C=O) groups is 1. The van der Waals surface area contributed by atoms with Crippen molar-refractivity contribution in [1.82, 2.24) is 4.90 Å². The van der Waals surface area contributed by atoms with Crippen LogP contribution in [-0.4, -0.2) is 48.3 Å². The number of rotatable bonds is 3. The van der Waals surface area contributed by atoms with E-state index in [0.717, 1.165) is 50.3 Å². The van der Waals surface area contributed by atoms with Crippen LogP contribution in [0.25, 0.3) is 0 Å². The summed E-state index contributed by atoms with van der Waals surface area (Å²) in [6.07, 6.45) is 3.79. The molecule has 1 saturated heterocycles. The van der Waals surface area contributed by atoms with Gasteiger partial charge in [0.25, 0.3) is 0 Å². The first-order valence-electron chi connectivity index (χ1n) is 7.40. The third-order valence-corrected chi connectivity index (χ3v) is 4.58. The molecule has 2 heterocycles. The average Bonchev–Trinajstić information content (AvgIpc) is 2.49. The van der Waals surface area contributed by atoms with Crippen LogP contribution in [0.2, 0.25) is 0 Å². The van der Waals surface area contributed by atoms with Crippen LogP contribution in [0.4, 0.5) is 0 Å². The Kier molecular flexibility index (Phi) is 3.76. The minimum absolute atomic E-state index is 0.125. The monoisotopic (exact) mass is 291 g/mol. The zero-order valence-electron chi connectivity index (χ0n) is 12.3. The van der Waals surface area contributed by atoms with Gasteiger partial charge in [0.15, 0.2) is 0 Å². The number of carboxylic acid groups (broad SMARTS) is 1. The summed E-state index contributed by atoms with van der Waals surface area (Å²) >= 11 is 0. The van der Waals surface area contributed by atoms with E-state index in [1.165, 1.54) is 5.56 Å². The highest BCUT2D eigenvalue weighted by Gasteiger charge is 2.39. The molecule has 0 amide bonds. The zero-order valence-corrected chi connectivity index (χ0v) is 12.3. The van der Waals surface area contributed by atoms with E-state index in [2.05, 4.69) is 6.07 Å². The minimum Gasteiger partial charge on any atom is -0.497 e. The molecule has 1 aromatic carbocycles. The number of aryl methyl sites for hydroxylation is 1. The van der Waals surface area contributed by atoms with Gasteiger partial charge < -0.3 is 14.6 Å². The number of carboxylic acids is 1. The number of hydrogen-bond acceptors (Lipinski definition) is 4. The Bertz CT molecular complexity index is 535. The summed E-state index contributed by atoms with van der Waals surface area (Å²) in [5, 5.41) is 8.87. The highest BCUT2D eigenvalue weighted by atomic mass is 16.5. The Labute approximate surface area is 124 Å². The van der Waals surface area contributed by atoms with E-state index in [1.54, 1.807) is 7.11 Å². The number of likely N-dealkylation sites (tertiary alicyclic amines) is 1. The molecule has 0 unspecified atom stereocenters. The molecule has 1 aromatic rings. The fourth-order valence-electron chi connectivity index (χ4n) is 3.27. The number of methoxy groups -OCH3 is 1.